The number of nitrogens with zero attached hydrogens (tertiary/aromatic N) is 1. The van der Waals surface area contributed by atoms with Crippen molar-refractivity contribution in [2.75, 3.05) is 18.9 Å². The maximum Gasteiger partial charge on any atom is 0.337 e. The first-order valence-electron chi connectivity index (χ1n) is 5.00. The van der Waals surface area contributed by atoms with Gasteiger partial charge in [-0.2, -0.15) is 0 Å². The van der Waals surface area contributed by atoms with Crippen molar-refractivity contribution < 1.29 is 19.1 Å². The summed E-state index contributed by atoms with van der Waals surface area (Å²) < 4.78 is 13.0. The van der Waals surface area contributed by atoms with Gasteiger partial charge in [-0.25, -0.2) is 14.0 Å². The Morgan fingerprint density at radius 3 is 2.65 bits per heavy atom. The zero-order valence-corrected chi connectivity index (χ0v) is 9.53. The third-order valence-electron chi connectivity index (χ3n) is 2.27. The van der Waals surface area contributed by atoms with Crippen molar-refractivity contribution in [3.8, 4) is 0 Å². The molecule has 0 fully saturated rings. The molecule has 0 saturated heterocycles. The Kier molecular flexibility index (Phi) is 4.03. The average Bonchev–Trinajstić information content (AvgIpc) is 2.27. The van der Waals surface area contributed by atoms with Crippen LogP contribution < -0.4 is 5.32 Å². The van der Waals surface area contributed by atoms with Crippen molar-refractivity contribution in [3.63, 3.8) is 0 Å². The molecule has 0 aliphatic heterocycles. The molecular formula is C11H13FN2O3. The molecule has 92 valence electrons. The summed E-state index contributed by atoms with van der Waals surface area (Å²) in [6.45, 7) is 2.23. The molecule has 2 amide bonds. The van der Waals surface area contributed by atoms with Crippen LogP contribution in [-0.2, 0) is 0 Å². The van der Waals surface area contributed by atoms with Crippen LogP contribution >= 0.6 is 0 Å². The van der Waals surface area contributed by atoms with Gasteiger partial charge in [-0.05, 0) is 25.1 Å². The van der Waals surface area contributed by atoms with Gasteiger partial charge in [-0.1, -0.05) is 0 Å². The lowest BCUT2D eigenvalue weighted by molar-refractivity contribution is 0.0698. The fourth-order valence-corrected chi connectivity index (χ4v) is 1.16. The molecule has 0 aliphatic carbocycles. The third kappa shape index (κ3) is 3.17. The molecule has 1 aromatic rings. The number of amides is 2. The van der Waals surface area contributed by atoms with E-state index in [1.807, 2.05) is 0 Å². The van der Waals surface area contributed by atoms with Gasteiger partial charge >= 0.3 is 12.0 Å². The summed E-state index contributed by atoms with van der Waals surface area (Å²) in [5.74, 6) is -1.83. The largest absolute Gasteiger partial charge is 0.478 e. The van der Waals surface area contributed by atoms with Gasteiger partial charge in [0, 0.05) is 13.6 Å². The first kappa shape index (κ1) is 13.0. The lowest BCUT2D eigenvalue weighted by atomic mass is 10.2. The molecule has 0 radical (unpaired) electrons. The number of urea groups is 1. The maximum absolute atomic E-state index is 13.0. The average molecular weight is 240 g/mol. The minimum atomic E-state index is -1.22. The molecule has 0 heterocycles. The number of carboxylic acid groups (broad SMARTS) is 1. The zero-order valence-electron chi connectivity index (χ0n) is 9.53. The van der Waals surface area contributed by atoms with Crippen LogP contribution in [-0.4, -0.2) is 35.6 Å². The monoisotopic (exact) mass is 240 g/mol. The van der Waals surface area contributed by atoms with Crippen LogP contribution in [0.25, 0.3) is 0 Å². The number of hydrogen-bond donors (Lipinski definition) is 2. The van der Waals surface area contributed by atoms with Gasteiger partial charge in [0.1, 0.15) is 5.82 Å². The highest BCUT2D eigenvalue weighted by Crippen LogP contribution is 2.17. The normalized spacial score (nSPS) is 9.82. The quantitative estimate of drug-likeness (QED) is 0.849. The number of carbonyl (C=O) groups excluding carboxylic acids is 1. The Labute approximate surface area is 97.8 Å². The molecule has 5 nitrogen and oxygen atoms in total. The molecule has 0 aromatic heterocycles. The molecular weight excluding hydrogens is 227 g/mol. The second kappa shape index (κ2) is 5.29. The number of hydrogen-bond acceptors (Lipinski definition) is 2. The van der Waals surface area contributed by atoms with Crippen molar-refractivity contribution in [1.82, 2.24) is 4.90 Å². The first-order chi connectivity index (χ1) is 7.95. The fraction of sp³-hybridized carbons (Fsp3) is 0.273. The number of aromatic carboxylic acids is 1. The Balaban J connectivity index is 3.00. The summed E-state index contributed by atoms with van der Waals surface area (Å²) in [7, 11) is 1.55. The molecule has 1 aromatic carbocycles. The van der Waals surface area contributed by atoms with Crippen molar-refractivity contribution >= 4 is 17.7 Å². The van der Waals surface area contributed by atoms with Gasteiger partial charge in [0.15, 0.2) is 0 Å². The molecule has 0 saturated carbocycles. The Morgan fingerprint density at radius 2 is 2.12 bits per heavy atom. The van der Waals surface area contributed by atoms with Crippen molar-refractivity contribution in [2.24, 2.45) is 0 Å². The zero-order chi connectivity index (χ0) is 13.0. The van der Waals surface area contributed by atoms with Crippen molar-refractivity contribution in [3.05, 3.63) is 29.6 Å². The van der Waals surface area contributed by atoms with E-state index in [-0.39, 0.29) is 11.3 Å². The van der Waals surface area contributed by atoms with E-state index in [2.05, 4.69) is 5.32 Å². The topological polar surface area (TPSA) is 69.6 Å². The molecule has 0 spiro atoms. The van der Waals surface area contributed by atoms with Crippen LogP contribution in [0.15, 0.2) is 18.2 Å². The van der Waals surface area contributed by atoms with E-state index in [0.29, 0.717) is 6.54 Å². The molecule has 0 aliphatic rings. The van der Waals surface area contributed by atoms with Gasteiger partial charge in [-0.15, -0.1) is 0 Å². The molecule has 2 N–H and O–H groups in total. The number of halogens is 1. The van der Waals surface area contributed by atoms with Crippen molar-refractivity contribution in [2.45, 2.75) is 6.92 Å². The van der Waals surface area contributed by atoms with Crippen molar-refractivity contribution in [1.29, 1.82) is 0 Å². The van der Waals surface area contributed by atoms with Gasteiger partial charge in [0.05, 0.1) is 11.3 Å². The van der Waals surface area contributed by atoms with E-state index in [4.69, 9.17) is 5.11 Å². The third-order valence-corrected chi connectivity index (χ3v) is 2.27. The minimum absolute atomic E-state index is 0.0530. The molecule has 1 rings (SSSR count). The van der Waals surface area contributed by atoms with E-state index in [9.17, 15) is 14.0 Å². The molecule has 0 bridgehead atoms. The molecule has 6 heteroatoms. The van der Waals surface area contributed by atoms with Crippen LogP contribution in [0.2, 0.25) is 0 Å². The maximum atomic E-state index is 13.0. The predicted molar refractivity (Wildman–Crippen MR) is 60.7 cm³/mol. The Hall–Kier alpha value is -2.11. The van der Waals surface area contributed by atoms with E-state index >= 15 is 0 Å². The standard InChI is InChI=1S/C11H13FN2O3/c1-3-14(2)11(17)13-9-6-7(12)4-5-8(9)10(15)16/h4-6H,3H2,1-2H3,(H,13,17)(H,15,16). The highest BCUT2D eigenvalue weighted by Gasteiger charge is 2.14. The molecule has 0 unspecified atom stereocenters. The smallest absolute Gasteiger partial charge is 0.337 e. The highest BCUT2D eigenvalue weighted by molar-refractivity contribution is 5.99. The summed E-state index contributed by atoms with van der Waals surface area (Å²) in [4.78, 5) is 23.7. The van der Waals surface area contributed by atoms with Crippen LogP contribution in [0.3, 0.4) is 0 Å². The second-order valence-corrected chi connectivity index (χ2v) is 3.44. The highest BCUT2D eigenvalue weighted by atomic mass is 19.1. The SMILES string of the molecule is CCN(C)C(=O)Nc1cc(F)ccc1C(=O)O. The molecule has 17 heavy (non-hydrogen) atoms. The van der Waals surface area contributed by atoms with E-state index < -0.39 is 17.8 Å². The Morgan fingerprint density at radius 1 is 1.47 bits per heavy atom. The van der Waals surface area contributed by atoms with E-state index in [0.717, 1.165) is 18.2 Å². The number of carbonyl (C=O) groups is 2. The van der Waals surface area contributed by atoms with Crippen LogP contribution in [0.1, 0.15) is 17.3 Å². The summed E-state index contributed by atoms with van der Waals surface area (Å²) >= 11 is 0. The number of anilines is 1. The van der Waals surface area contributed by atoms with Gasteiger partial charge in [-0.3, -0.25) is 0 Å². The number of nitrogens with one attached hydrogen (secondary N) is 1. The van der Waals surface area contributed by atoms with Gasteiger partial charge in [0.2, 0.25) is 0 Å². The summed E-state index contributed by atoms with van der Waals surface area (Å²) in [5.41, 5.74) is -0.202. The number of benzene rings is 1. The van der Waals surface area contributed by atoms with Crippen LogP contribution in [0.4, 0.5) is 14.9 Å². The molecule has 0 atom stereocenters. The number of carboxylic acids is 1. The van der Waals surface area contributed by atoms with Gasteiger partial charge < -0.3 is 15.3 Å². The second-order valence-electron chi connectivity index (χ2n) is 3.44. The van der Waals surface area contributed by atoms with Crippen LogP contribution in [0, 0.1) is 5.82 Å². The van der Waals surface area contributed by atoms with Gasteiger partial charge in [0.25, 0.3) is 0 Å². The Bertz CT molecular complexity index is 448. The van der Waals surface area contributed by atoms with E-state index in [1.165, 1.54) is 4.90 Å². The first-order valence-corrected chi connectivity index (χ1v) is 5.00. The summed E-state index contributed by atoms with van der Waals surface area (Å²) in [6, 6.07) is 2.63. The van der Waals surface area contributed by atoms with E-state index in [1.54, 1.807) is 14.0 Å². The minimum Gasteiger partial charge on any atom is -0.478 e. The number of rotatable bonds is 3. The lowest BCUT2D eigenvalue weighted by Crippen LogP contribution is -2.31. The summed E-state index contributed by atoms with van der Waals surface area (Å²) in [6.07, 6.45) is 0. The predicted octanol–water partition coefficient (Wildman–Crippen LogP) is 2.01. The fourth-order valence-electron chi connectivity index (χ4n) is 1.16. The summed E-state index contributed by atoms with van der Waals surface area (Å²) in [5, 5.41) is 11.2. The lowest BCUT2D eigenvalue weighted by Gasteiger charge is -2.16. The van der Waals surface area contributed by atoms with Crippen LogP contribution in [0.5, 0.6) is 0 Å².